The minimum absolute atomic E-state index is 0.980. The third-order valence-corrected chi connectivity index (χ3v) is 10.4. The summed E-state index contributed by atoms with van der Waals surface area (Å²) in [5.41, 5.74) is 23.6. The molecule has 1 nitrogen and oxygen atoms in total. The van der Waals surface area contributed by atoms with Crippen LogP contribution in [0.5, 0.6) is 0 Å². The number of aryl methyl sites for hydroxylation is 2. The van der Waals surface area contributed by atoms with Crippen molar-refractivity contribution < 1.29 is 0 Å². The minimum atomic E-state index is 0.980. The van der Waals surface area contributed by atoms with Gasteiger partial charge in [0, 0.05) is 22.9 Å². The van der Waals surface area contributed by atoms with Crippen molar-refractivity contribution in [3.63, 3.8) is 0 Å². The van der Waals surface area contributed by atoms with Crippen LogP contribution in [0.25, 0.3) is 72.0 Å². The van der Waals surface area contributed by atoms with E-state index in [1.807, 2.05) is 0 Å². The van der Waals surface area contributed by atoms with E-state index in [2.05, 4.69) is 122 Å². The highest BCUT2D eigenvalue weighted by Crippen LogP contribution is 2.54. The molecule has 6 aromatic carbocycles. The summed E-state index contributed by atoms with van der Waals surface area (Å²) in [6.45, 7) is 4.55. The van der Waals surface area contributed by atoms with Gasteiger partial charge >= 0.3 is 0 Å². The standard InChI is InChI=1S/C42H31N/c1-3-24-14-29-20-31(16-24)34-13-12-28-19-32-22-37-35-10-5-6-11-39(35)43(42(37)38-23-36(34)40(28)41(32)38)33-17-25(4-2)15-30(21-33)27-9-7-8-26(29)18-27/h5-18,20-22H,3-4,19,23H2,1-2H3. The zero-order valence-corrected chi connectivity index (χ0v) is 24.6. The molecule has 0 radical (unpaired) electrons. The monoisotopic (exact) mass is 549 g/mol. The molecule has 1 heteroatoms. The van der Waals surface area contributed by atoms with Gasteiger partial charge in [-0.25, -0.2) is 0 Å². The van der Waals surface area contributed by atoms with Crippen LogP contribution in [0.2, 0.25) is 0 Å². The molecule has 10 rings (SSSR count). The lowest BCUT2D eigenvalue weighted by Gasteiger charge is -2.15. The van der Waals surface area contributed by atoms with Crippen molar-refractivity contribution in [3.8, 4) is 50.2 Å². The van der Waals surface area contributed by atoms with Crippen LogP contribution >= 0.6 is 0 Å². The Morgan fingerprint density at radius 2 is 1.26 bits per heavy atom. The van der Waals surface area contributed by atoms with Gasteiger partial charge in [0.1, 0.15) is 0 Å². The number of aromatic nitrogens is 1. The van der Waals surface area contributed by atoms with Crippen LogP contribution < -0.4 is 0 Å². The lowest BCUT2D eigenvalue weighted by molar-refractivity contribution is 1.10. The highest BCUT2D eigenvalue weighted by molar-refractivity contribution is 6.14. The fourth-order valence-corrected chi connectivity index (χ4v) is 8.42. The first kappa shape index (κ1) is 23.7. The Hall–Kier alpha value is -4.88. The van der Waals surface area contributed by atoms with Crippen LogP contribution in [0, 0.1) is 0 Å². The van der Waals surface area contributed by atoms with Crippen LogP contribution in [-0.2, 0) is 25.7 Å². The maximum Gasteiger partial charge on any atom is 0.0582 e. The van der Waals surface area contributed by atoms with E-state index in [1.54, 1.807) is 0 Å². The Kier molecular flexibility index (Phi) is 4.60. The second-order valence-electron chi connectivity index (χ2n) is 12.7. The second-order valence-corrected chi connectivity index (χ2v) is 12.7. The predicted molar refractivity (Wildman–Crippen MR) is 180 cm³/mol. The lowest BCUT2D eigenvalue weighted by Crippen LogP contribution is -2.00. The molecule has 0 N–H and O–H groups in total. The number of benzene rings is 6. The van der Waals surface area contributed by atoms with E-state index in [1.165, 1.54) is 105 Å². The maximum atomic E-state index is 2.59. The number of rotatable bonds is 2. The number of para-hydroxylation sites is 1. The van der Waals surface area contributed by atoms with E-state index >= 15 is 0 Å². The molecule has 1 aliphatic heterocycles. The molecule has 204 valence electrons. The minimum Gasteiger partial charge on any atom is -0.309 e. The molecular formula is C42H31N. The van der Waals surface area contributed by atoms with Gasteiger partial charge < -0.3 is 4.57 Å². The first-order valence-electron chi connectivity index (χ1n) is 15.8. The van der Waals surface area contributed by atoms with E-state index < -0.39 is 0 Å². The molecule has 0 fully saturated rings. The van der Waals surface area contributed by atoms with Crippen molar-refractivity contribution in [3.05, 3.63) is 137 Å². The van der Waals surface area contributed by atoms with Gasteiger partial charge in [-0.1, -0.05) is 80.6 Å². The van der Waals surface area contributed by atoms with E-state index in [4.69, 9.17) is 0 Å². The smallest absolute Gasteiger partial charge is 0.0582 e. The number of hydrogen-bond acceptors (Lipinski definition) is 0. The summed E-state index contributed by atoms with van der Waals surface area (Å²) in [6, 6.07) is 40.1. The SMILES string of the molecule is CCc1cc2cc(c1)-c1ccc3c4c1Cc1c-4c(cc4c5ccccc5n(c14)-c1cc(CC)cc(c1)-c1cccc-2c1)C3. The van der Waals surface area contributed by atoms with Crippen molar-refractivity contribution in [2.45, 2.75) is 39.5 Å². The van der Waals surface area contributed by atoms with Crippen LogP contribution in [0.3, 0.4) is 0 Å². The third kappa shape index (κ3) is 3.12. The largest absolute Gasteiger partial charge is 0.309 e. The molecule has 0 spiro atoms. The fraction of sp³-hybridized carbons (Fsp3) is 0.143. The van der Waals surface area contributed by atoms with Crippen molar-refractivity contribution in [1.29, 1.82) is 0 Å². The van der Waals surface area contributed by atoms with Gasteiger partial charge in [-0.3, -0.25) is 0 Å². The van der Waals surface area contributed by atoms with E-state index in [-0.39, 0.29) is 0 Å². The second kappa shape index (κ2) is 8.36. The molecule has 2 heterocycles. The molecule has 43 heavy (non-hydrogen) atoms. The molecule has 0 unspecified atom stereocenters. The summed E-state index contributed by atoms with van der Waals surface area (Å²) >= 11 is 0. The zero-order valence-electron chi connectivity index (χ0n) is 24.6. The molecule has 3 aliphatic rings. The van der Waals surface area contributed by atoms with Gasteiger partial charge in [0.25, 0.3) is 0 Å². The molecule has 1 aromatic heterocycles. The molecule has 0 amide bonds. The summed E-state index contributed by atoms with van der Waals surface area (Å²) in [5, 5.41) is 2.74. The first-order valence-corrected chi connectivity index (χ1v) is 15.8. The topological polar surface area (TPSA) is 4.93 Å². The Labute approximate surface area is 252 Å². The molecule has 0 saturated carbocycles. The molecule has 2 aliphatic carbocycles. The number of fused-ring (bicyclic) bond motifs is 13. The fourth-order valence-electron chi connectivity index (χ4n) is 8.42. The van der Waals surface area contributed by atoms with Gasteiger partial charge in [0.15, 0.2) is 0 Å². The van der Waals surface area contributed by atoms with Crippen LogP contribution in [0.1, 0.15) is 47.2 Å². The molecule has 7 aromatic rings. The molecular weight excluding hydrogens is 518 g/mol. The van der Waals surface area contributed by atoms with Gasteiger partial charge in [-0.15, -0.1) is 0 Å². The third-order valence-electron chi connectivity index (χ3n) is 10.4. The summed E-state index contributed by atoms with van der Waals surface area (Å²) in [4.78, 5) is 0. The highest BCUT2D eigenvalue weighted by Gasteiger charge is 2.35. The summed E-state index contributed by atoms with van der Waals surface area (Å²) in [5.74, 6) is 0. The highest BCUT2D eigenvalue weighted by atomic mass is 15.0. The quantitative estimate of drug-likeness (QED) is 0.202. The van der Waals surface area contributed by atoms with Crippen LogP contribution in [0.15, 0.2) is 103 Å². The van der Waals surface area contributed by atoms with Crippen molar-refractivity contribution >= 4 is 21.8 Å². The normalized spacial score (nSPS) is 13.3. The predicted octanol–water partition coefficient (Wildman–Crippen LogP) is 10.7. The average molecular weight is 550 g/mol. The van der Waals surface area contributed by atoms with Gasteiger partial charge in [-0.05, 0) is 134 Å². The van der Waals surface area contributed by atoms with Crippen LogP contribution in [0.4, 0.5) is 0 Å². The Morgan fingerprint density at radius 1 is 0.535 bits per heavy atom. The van der Waals surface area contributed by atoms with Gasteiger partial charge in [-0.2, -0.15) is 0 Å². The first-order chi connectivity index (χ1) is 21.2. The Balaban J connectivity index is 1.42. The summed E-state index contributed by atoms with van der Waals surface area (Å²) < 4.78 is 2.59. The van der Waals surface area contributed by atoms with Gasteiger partial charge in [0.05, 0.1) is 11.0 Å². The van der Waals surface area contributed by atoms with Crippen molar-refractivity contribution in [1.82, 2.24) is 4.57 Å². The number of hydrogen-bond donors (Lipinski definition) is 0. The molecule has 8 bridgehead atoms. The van der Waals surface area contributed by atoms with Crippen molar-refractivity contribution in [2.75, 3.05) is 0 Å². The van der Waals surface area contributed by atoms with Crippen LogP contribution in [-0.4, -0.2) is 4.57 Å². The summed E-state index contributed by atoms with van der Waals surface area (Å²) in [6.07, 6.45) is 4.03. The van der Waals surface area contributed by atoms with Gasteiger partial charge in [0.2, 0.25) is 0 Å². The Bertz CT molecular complexity index is 2360. The lowest BCUT2D eigenvalue weighted by atomic mass is 9.89. The van der Waals surface area contributed by atoms with E-state index in [9.17, 15) is 0 Å². The Morgan fingerprint density at radius 3 is 2.09 bits per heavy atom. The van der Waals surface area contributed by atoms with E-state index in [0.717, 1.165) is 25.7 Å². The molecule has 0 saturated heterocycles. The average Bonchev–Trinajstić information content (AvgIpc) is 3.74. The van der Waals surface area contributed by atoms with E-state index in [0.29, 0.717) is 0 Å². The zero-order chi connectivity index (χ0) is 28.4. The number of nitrogens with zero attached hydrogens (tertiary/aromatic N) is 1. The maximum absolute atomic E-state index is 2.59. The molecule has 0 atom stereocenters. The van der Waals surface area contributed by atoms with Crippen molar-refractivity contribution in [2.24, 2.45) is 0 Å². The summed E-state index contributed by atoms with van der Waals surface area (Å²) in [7, 11) is 0.